The molecule has 1 aliphatic rings. The van der Waals surface area contributed by atoms with Crippen molar-refractivity contribution in [1.29, 1.82) is 0 Å². The van der Waals surface area contributed by atoms with Crippen LogP contribution in [0.3, 0.4) is 0 Å². The van der Waals surface area contributed by atoms with E-state index in [2.05, 4.69) is 95.9 Å². The van der Waals surface area contributed by atoms with Gasteiger partial charge in [-0.2, -0.15) is 0 Å². The summed E-state index contributed by atoms with van der Waals surface area (Å²) in [6, 6.07) is 43.8. The van der Waals surface area contributed by atoms with Gasteiger partial charge in [0.15, 0.2) is 5.58 Å². The third-order valence-electron chi connectivity index (χ3n) is 8.62. The van der Waals surface area contributed by atoms with Gasteiger partial charge in [0, 0.05) is 32.7 Å². The predicted molar refractivity (Wildman–Crippen MR) is 173 cm³/mol. The van der Waals surface area contributed by atoms with Gasteiger partial charge in [-0.1, -0.05) is 84.9 Å². The largest absolute Gasteiger partial charge is 0.456 e. The van der Waals surface area contributed by atoms with Crippen molar-refractivity contribution in [3.63, 3.8) is 0 Å². The smallest absolute Gasteiger partial charge is 0.236 e. The van der Waals surface area contributed by atoms with Gasteiger partial charge in [-0.25, -0.2) is 9.97 Å². The van der Waals surface area contributed by atoms with Crippen molar-refractivity contribution in [2.24, 2.45) is 0 Å². The number of fused-ring (bicyclic) bond motifs is 8. The molecule has 5 heteroatoms. The minimum absolute atomic E-state index is 0.591. The first-order valence-electron chi connectivity index (χ1n) is 14.3. The van der Waals surface area contributed by atoms with Crippen molar-refractivity contribution in [2.75, 3.05) is 4.90 Å². The molecular formula is C38H21N3O2. The Balaban J connectivity index is 1.30. The molecule has 0 radical (unpaired) electrons. The van der Waals surface area contributed by atoms with E-state index in [0.717, 1.165) is 66.6 Å². The molecule has 0 atom stereocenters. The van der Waals surface area contributed by atoms with Crippen LogP contribution in [0.25, 0.3) is 77.2 Å². The fourth-order valence-corrected chi connectivity index (χ4v) is 6.72. The number of hydrogen-bond acceptors (Lipinski definition) is 5. The Kier molecular flexibility index (Phi) is 4.39. The molecule has 0 aliphatic carbocycles. The molecule has 200 valence electrons. The monoisotopic (exact) mass is 551 g/mol. The van der Waals surface area contributed by atoms with Crippen molar-refractivity contribution in [3.05, 3.63) is 127 Å². The summed E-state index contributed by atoms with van der Waals surface area (Å²) in [6.45, 7) is 0. The Morgan fingerprint density at radius 3 is 2.12 bits per heavy atom. The van der Waals surface area contributed by atoms with E-state index in [9.17, 15) is 0 Å². The zero-order chi connectivity index (χ0) is 28.1. The topological polar surface area (TPSA) is 55.3 Å². The van der Waals surface area contributed by atoms with Crippen LogP contribution in [0.15, 0.2) is 136 Å². The van der Waals surface area contributed by atoms with Crippen LogP contribution >= 0.6 is 0 Å². The fourth-order valence-electron chi connectivity index (χ4n) is 6.72. The molecule has 9 aromatic rings. The molecule has 0 saturated heterocycles. The van der Waals surface area contributed by atoms with Crippen LogP contribution in [-0.2, 0) is 0 Å². The predicted octanol–water partition coefficient (Wildman–Crippen LogP) is 10.5. The third kappa shape index (κ3) is 3.11. The van der Waals surface area contributed by atoms with Gasteiger partial charge in [-0.15, -0.1) is 0 Å². The van der Waals surface area contributed by atoms with Crippen LogP contribution in [-0.4, -0.2) is 9.97 Å². The Bertz CT molecular complexity index is 2590. The van der Waals surface area contributed by atoms with E-state index in [0.29, 0.717) is 11.5 Å². The molecule has 0 amide bonds. The number of aromatic nitrogens is 2. The summed E-state index contributed by atoms with van der Waals surface area (Å²) in [5, 5.41) is 5.49. The lowest BCUT2D eigenvalue weighted by Crippen LogP contribution is -2.17. The lowest BCUT2D eigenvalue weighted by atomic mass is 9.91. The minimum atomic E-state index is 0.591. The van der Waals surface area contributed by atoms with Crippen molar-refractivity contribution in [3.8, 4) is 22.4 Å². The van der Waals surface area contributed by atoms with Gasteiger partial charge < -0.3 is 8.83 Å². The van der Waals surface area contributed by atoms with Crippen LogP contribution in [0.4, 0.5) is 17.3 Å². The van der Waals surface area contributed by atoms with Crippen molar-refractivity contribution >= 4 is 72.1 Å². The highest BCUT2D eigenvalue weighted by molar-refractivity contribution is 6.14. The van der Waals surface area contributed by atoms with Gasteiger partial charge in [0.2, 0.25) is 5.95 Å². The second kappa shape index (κ2) is 8.30. The number of furan rings is 2. The summed E-state index contributed by atoms with van der Waals surface area (Å²) < 4.78 is 12.7. The Labute approximate surface area is 245 Å². The average Bonchev–Trinajstić information content (AvgIpc) is 3.63. The van der Waals surface area contributed by atoms with E-state index < -0.39 is 0 Å². The molecule has 3 aromatic heterocycles. The van der Waals surface area contributed by atoms with Gasteiger partial charge in [0.05, 0.1) is 11.4 Å². The number of hydrogen-bond donors (Lipinski definition) is 0. The number of rotatable bonds is 2. The molecule has 0 N–H and O–H groups in total. The molecule has 0 bridgehead atoms. The first-order valence-corrected chi connectivity index (χ1v) is 14.3. The maximum Gasteiger partial charge on any atom is 0.236 e. The summed E-state index contributed by atoms with van der Waals surface area (Å²) in [4.78, 5) is 12.7. The van der Waals surface area contributed by atoms with Gasteiger partial charge in [-0.05, 0) is 53.4 Å². The second-order valence-corrected chi connectivity index (χ2v) is 11.0. The van der Waals surface area contributed by atoms with Crippen molar-refractivity contribution in [1.82, 2.24) is 9.97 Å². The van der Waals surface area contributed by atoms with Crippen LogP contribution in [0.5, 0.6) is 0 Å². The van der Waals surface area contributed by atoms with Crippen molar-refractivity contribution in [2.45, 2.75) is 0 Å². The summed E-state index contributed by atoms with van der Waals surface area (Å²) in [5.41, 5.74) is 9.98. The number of nitrogens with zero attached hydrogens (tertiary/aromatic N) is 3. The summed E-state index contributed by atoms with van der Waals surface area (Å²) in [5.74, 6) is 0.591. The molecule has 0 unspecified atom stereocenters. The molecule has 0 spiro atoms. The van der Waals surface area contributed by atoms with E-state index in [-0.39, 0.29) is 0 Å². The molecule has 0 saturated carbocycles. The lowest BCUT2D eigenvalue weighted by Gasteiger charge is -2.31. The second-order valence-electron chi connectivity index (χ2n) is 11.0. The number of para-hydroxylation sites is 3. The Morgan fingerprint density at radius 1 is 0.512 bits per heavy atom. The molecule has 43 heavy (non-hydrogen) atoms. The number of anilines is 3. The molecular weight excluding hydrogens is 530 g/mol. The molecule has 1 aliphatic heterocycles. The van der Waals surface area contributed by atoms with Crippen LogP contribution in [0.2, 0.25) is 0 Å². The first kappa shape index (κ1) is 22.7. The standard InChI is InChI=1S/C38H21N3O2/c1-4-15-29-24(11-1)27-14-7-9-22-10-8-16-30(34(22)27)41(29)38-39-35(37-36(40-38)28-13-3-6-18-32(28)43-37)23-19-20-26-25-12-2-5-17-31(25)42-33(26)21-23/h1-21H. The third-order valence-corrected chi connectivity index (χ3v) is 8.62. The maximum absolute atomic E-state index is 6.46. The van der Waals surface area contributed by atoms with E-state index in [4.69, 9.17) is 18.8 Å². The highest BCUT2D eigenvalue weighted by Gasteiger charge is 2.29. The highest BCUT2D eigenvalue weighted by atomic mass is 16.3. The van der Waals surface area contributed by atoms with E-state index >= 15 is 0 Å². The van der Waals surface area contributed by atoms with Gasteiger partial charge in [0.25, 0.3) is 0 Å². The molecule has 10 rings (SSSR count). The van der Waals surface area contributed by atoms with Crippen LogP contribution < -0.4 is 4.90 Å². The summed E-state index contributed by atoms with van der Waals surface area (Å²) in [6.07, 6.45) is 0. The van der Waals surface area contributed by atoms with Gasteiger partial charge >= 0.3 is 0 Å². The normalized spacial score (nSPS) is 12.6. The van der Waals surface area contributed by atoms with Crippen molar-refractivity contribution < 1.29 is 8.83 Å². The summed E-state index contributed by atoms with van der Waals surface area (Å²) >= 11 is 0. The zero-order valence-electron chi connectivity index (χ0n) is 22.8. The van der Waals surface area contributed by atoms with E-state index in [1.165, 1.54) is 16.3 Å². The average molecular weight is 552 g/mol. The molecule has 0 fully saturated rings. The number of benzene rings is 6. The van der Waals surface area contributed by atoms with Crippen LogP contribution in [0.1, 0.15) is 0 Å². The quantitative estimate of drug-likeness (QED) is 0.214. The van der Waals surface area contributed by atoms with Gasteiger partial charge in [0.1, 0.15) is 28.0 Å². The SMILES string of the molecule is c1ccc2c(c1)-c1cccc3cccc(c13)N2c1nc(-c2ccc3c(c2)oc2ccccc23)c2oc3ccccc3c2n1. The maximum atomic E-state index is 6.46. The fraction of sp³-hybridized carbons (Fsp3) is 0. The van der Waals surface area contributed by atoms with E-state index in [1.54, 1.807) is 0 Å². The summed E-state index contributed by atoms with van der Waals surface area (Å²) in [7, 11) is 0. The lowest BCUT2D eigenvalue weighted by molar-refractivity contribution is 0.666. The Hall–Kier alpha value is -5.94. The molecule has 6 aromatic carbocycles. The van der Waals surface area contributed by atoms with Crippen LogP contribution in [0, 0.1) is 0 Å². The zero-order valence-corrected chi connectivity index (χ0v) is 22.8. The molecule has 5 nitrogen and oxygen atoms in total. The van der Waals surface area contributed by atoms with Gasteiger partial charge in [-0.3, -0.25) is 4.90 Å². The highest BCUT2D eigenvalue weighted by Crippen LogP contribution is 2.50. The molecule has 4 heterocycles. The minimum Gasteiger partial charge on any atom is -0.456 e. The Morgan fingerprint density at radius 2 is 1.21 bits per heavy atom. The van der Waals surface area contributed by atoms with E-state index in [1.807, 2.05) is 36.4 Å². The first-order chi connectivity index (χ1) is 21.3.